The van der Waals surface area contributed by atoms with Gasteiger partial charge in [0.15, 0.2) is 5.96 Å². The summed E-state index contributed by atoms with van der Waals surface area (Å²) >= 11 is 0. The Bertz CT molecular complexity index is 635. The van der Waals surface area contributed by atoms with Gasteiger partial charge in [-0.05, 0) is 43.7 Å². The molecule has 1 saturated carbocycles. The predicted octanol–water partition coefficient (Wildman–Crippen LogP) is 2.96. The van der Waals surface area contributed by atoms with Gasteiger partial charge in [-0.3, -0.25) is 0 Å². The molecular formula is C19H27FN4O. The Morgan fingerprint density at radius 1 is 1.40 bits per heavy atom. The topological polar surface area (TPSA) is 69.4 Å². The lowest BCUT2D eigenvalue weighted by molar-refractivity contribution is 0.0732. The maximum Gasteiger partial charge on any atom is 0.191 e. The zero-order chi connectivity index (χ0) is 18.1. The number of nitriles is 1. The van der Waals surface area contributed by atoms with Gasteiger partial charge >= 0.3 is 0 Å². The van der Waals surface area contributed by atoms with Crippen LogP contribution in [0.4, 0.5) is 4.39 Å². The number of methoxy groups -OCH3 is 1. The number of rotatable bonds is 8. The van der Waals surface area contributed by atoms with Gasteiger partial charge in [0.1, 0.15) is 5.82 Å². The normalized spacial score (nSPS) is 16.0. The van der Waals surface area contributed by atoms with Crippen molar-refractivity contribution in [2.75, 3.05) is 26.8 Å². The largest absolute Gasteiger partial charge is 0.385 e. The van der Waals surface area contributed by atoms with E-state index >= 15 is 0 Å². The Hall–Kier alpha value is -2.13. The molecular weight excluding hydrogens is 319 g/mol. The molecule has 0 atom stereocenters. The summed E-state index contributed by atoms with van der Waals surface area (Å²) in [5, 5.41) is 15.4. The van der Waals surface area contributed by atoms with Gasteiger partial charge in [-0.25, -0.2) is 9.38 Å². The lowest BCUT2D eigenvalue weighted by Crippen LogP contribution is -2.47. The maximum absolute atomic E-state index is 14.0. The monoisotopic (exact) mass is 346 g/mol. The van der Waals surface area contributed by atoms with E-state index in [9.17, 15) is 4.39 Å². The van der Waals surface area contributed by atoms with E-state index in [4.69, 9.17) is 10.00 Å². The van der Waals surface area contributed by atoms with Crippen molar-refractivity contribution in [3.63, 3.8) is 0 Å². The Labute approximate surface area is 149 Å². The SMILES string of the molecule is CCNC(=NCc1ccc(C#N)cc1F)NCC1(CCOC)CCC1. The quantitative estimate of drug-likeness (QED) is 0.561. The van der Waals surface area contributed by atoms with Crippen molar-refractivity contribution in [3.05, 3.63) is 35.1 Å². The van der Waals surface area contributed by atoms with Crippen molar-refractivity contribution in [1.29, 1.82) is 5.26 Å². The van der Waals surface area contributed by atoms with Crippen LogP contribution in [0.25, 0.3) is 0 Å². The van der Waals surface area contributed by atoms with Crippen molar-refractivity contribution >= 4 is 5.96 Å². The number of ether oxygens (including phenoxy) is 1. The van der Waals surface area contributed by atoms with Gasteiger partial charge in [0.2, 0.25) is 0 Å². The summed E-state index contributed by atoms with van der Waals surface area (Å²) in [6.07, 6.45) is 4.70. The summed E-state index contributed by atoms with van der Waals surface area (Å²) in [5.74, 6) is 0.296. The number of guanidine groups is 1. The molecule has 0 heterocycles. The second-order valence-electron chi connectivity index (χ2n) is 6.56. The summed E-state index contributed by atoms with van der Waals surface area (Å²) in [6, 6.07) is 6.42. The average molecular weight is 346 g/mol. The molecule has 0 radical (unpaired) electrons. The molecule has 25 heavy (non-hydrogen) atoms. The summed E-state index contributed by atoms with van der Waals surface area (Å²) < 4.78 is 19.2. The van der Waals surface area contributed by atoms with E-state index < -0.39 is 5.82 Å². The van der Waals surface area contributed by atoms with Crippen molar-refractivity contribution in [2.24, 2.45) is 10.4 Å². The standard InChI is InChI=1S/C19H27FN4O/c1-3-22-18(24-14-19(7-4-8-19)9-10-25-2)23-13-16-6-5-15(12-21)11-17(16)20/h5-6,11H,3-4,7-10,13-14H2,1-2H3,(H2,22,23,24). The highest BCUT2D eigenvalue weighted by Crippen LogP contribution is 2.43. The van der Waals surface area contributed by atoms with Crippen molar-refractivity contribution in [3.8, 4) is 6.07 Å². The van der Waals surface area contributed by atoms with Gasteiger partial charge in [-0.1, -0.05) is 12.5 Å². The zero-order valence-corrected chi connectivity index (χ0v) is 15.1. The number of nitrogens with one attached hydrogen (secondary N) is 2. The highest BCUT2D eigenvalue weighted by molar-refractivity contribution is 5.79. The Balaban J connectivity index is 1.97. The minimum Gasteiger partial charge on any atom is -0.385 e. The van der Waals surface area contributed by atoms with E-state index in [0.717, 1.165) is 26.1 Å². The Morgan fingerprint density at radius 3 is 2.76 bits per heavy atom. The van der Waals surface area contributed by atoms with Crippen LogP contribution in [0.2, 0.25) is 0 Å². The highest BCUT2D eigenvalue weighted by atomic mass is 19.1. The summed E-state index contributed by atoms with van der Waals surface area (Å²) in [7, 11) is 1.73. The number of benzene rings is 1. The van der Waals surface area contributed by atoms with Gasteiger partial charge < -0.3 is 15.4 Å². The number of hydrogen-bond acceptors (Lipinski definition) is 3. The van der Waals surface area contributed by atoms with Crippen LogP contribution >= 0.6 is 0 Å². The Kier molecular flexibility index (Phi) is 7.20. The molecule has 0 aliphatic heterocycles. The van der Waals surface area contributed by atoms with Gasteiger partial charge in [0, 0.05) is 32.4 Å². The molecule has 1 aromatic rings. The number of halogens is 1. The summed E-state index contributed by atoms with van der Waals surface area (Å²) in [6.45, 7) is 4.60. The molecule has 2 rings (SSSR count). The van der Waals surface area contributed by atoms with E-state index in [1.54, 1.807) is 19.2 Å². The van der Waals surface area contributed by atoms with Crippen LogP contribution in [-0.4, -0.2) is 32.8 Å². The van der Waals surface area contributed by atoms with Gasteiger partial charge in [-0.15, -0.1) is 0 Å². The molecule has 2 N–H and O–H groups in total. The molecule has 0 saturated heterocycles. The molecule has 136 valence electrons. The number of nitrogens with zero attached hydrogens (tertiary/aromatic N) is 2. The fraction of sp³-hybridized carbons (Fsp3) is 0.579. The maximum atomic E-state index is 14.0. The van der Waals surface area contributed by atoms with Crippen LogP contribution in [0.5, 0.6) is 0 Å². The van der Waals surface area contributed by atoms with E-state index in [-0.39, 0.29) is 12.0 Å². The van der Waals surface area contributed by atoms with Crippen LogP contribution < -0.4 is 10.6 Å². The van der Waals surface area contributed by atoms with Crippen LogP contribution in [0.1, 0.15) is 43.7 Å². The second kappa shape index (κ2) is 9.38. The highest BCUT2D eigenvalue weighted by Gasteiger charge is 2.36. The minimum atomic E-state index is -0.394. The van der Waals surface area contributed by atoms with E-state index in [0.29, 0.717) is 17.1 Å². The molecule has 6 heteroatoms. The number of aliphatic imine (C=N–C) groups is 1. The molecule has 0 aromatic heterocycles. The van der Waals surface area contributed by atoms with Gasteiger partial charge in [0.05, 0.1) is 18.2 Å². The van der Waals surface area contributed by atoms with Crippen molar-refractivity contribution in [1.82, 2.24) is 10.6 Å². The first-order chi connectivity index (χ1) is 12.1. The second-order valence-corrected chi connectivity index (χ2v) is 6.56. The predicted molar refractivity (Wildman–Crippen MR) is 96.7 cm³/mol. The lowest BCUT2D eigenvalue weighted by atomic mass is 9.67. The summed E-state index contributed by atoms with van der Waals surface area (Å²) in [4.78, 5) is 4.48. The first kappa shape index (κ1) is 19.2. The van der Waals surface area contributed by atoms with E-state index in [1.165, 1.54) is 25.3 Å². The molecule has 0 amide bonds. The third-order valence-corrected chi connectivity index (χ3v) is 4.82. The average Bonchev–Trinajstić information content (AvgIpc) is 2.59. The molecule has 1 aliphatic rings. The zero-order valence-electron chi connectivity index (χ0n) is 15.1. The molecule has 0 spiro atoms. The molecule has 0 bridgehead atoms. The molecule has 1 aromatic carbocycles. The fourth-order valence-electron chi connectivity index (χ4n) is 3.03. The van der Waals surface area contributed by atoms with Crippen LogP contribution in [-0.2, 0) is 11.3 Å². The third-order valence-electron chi connectivity index (χ3n) is 4.82. The fourth-order valence-corrected chi connectivity index (χ4v) is 3.03. The molecule has 0 unspecified atom stereocenters. The smallest absolute Gasteiger partial charge is 0.191 e. The van der Waals surface area contributed by atoms with Crippen LogP contribution in [0.15, 0.2) is 23.2 Å². The van der Waals surface area contributed by atoms with E-state index in [2.05, 4.69) is 15.6 Å². The van der Waals surface area contributed by atoms with Crippen LogP contribution in [0.3, 0.4) is 0 Å². The van der Waals surface area contributed by atoms with Crippen LogP contribution in [0, 0.1) is 22.6 Å². The van der Waals surface area contributed by atoms with E-state index in [1.807, 2.05) is 13.0 Å². The van der Waals surface area contributed by atoms with Gasteiger partial charge in [-0.2, -0.15) is 5.26 Å². The minimum absolute atomic E-state index is 0.234. The van der Waals surface area contributed by atoms with Crippen molar-refractivity contribution < 1.29 is 9.13 Å². The Morgan fingerprint density at radius 2 is 2.20 bits per heavy atom. The molecule has 1 aliphatic carbocycles. The van der Waals surface area contributed by atoms with Gasteiger partial charge in [0.25, 0.3) is 0 Å². The number of hydrogen-bond donors (Lipinski definition) is 2. The van der Waals surface area contributed by atoms with Crippen molar-refractivity contribution in [2.45, 2.75) is 39.2 Å². The third kappa shape index (κ3) is 5.43. The molecule has 1 fully saturated rings. The lowest BCUT2D eigenvalue weighted by Gasteiger charge is -2.42. The first-order valence-corrected chi connectivity index (χ1v) is 8.82. The first-order valence-electron chi connectivity index (χ1n) is 8.82. The summed E-state index contributed by atoms with van der Waals surface area (Å²) in [5.41, 5.74) is 1.08. The molecule has 5 nitrogen and oxygen atoms in total.